The van der Waals surface area contributed by atoms with E-state index < -0.39 is 0 Å². The van der Waals surface area contributed by atoms with Crippen molar-refractivity contribution in [3.63, 3.8) is 0 Å². The van der Waals surface area contributed by atoms with E-state index in [1.807, 2.05) is 0 Å². The van der Waals surface area contributed by atoms with Gasteiger partial charge in [-0.1, -0.05) is 54.6 Å². The van der Waals surface area contributed by atoms with E-state index in [9.17, 15) is 0 Å². The van der Waals surface area contributed by atoms with Crippen LogP contribution in [-0.2, 0) is 11.3 Å². The molecule has 0 radical (unpaired) electrons. The highest BCUT2D eigenvalue weighted by Crippen LogP contribution is 2.37. The fourth-order valence-corrected chi connectivity index (χ4v) is 3.88. The van der Waals surface area contributed by atoms with Crippen molar-refractivity contribution in [1.29, 1.82) is 0 Å². The Hall–Kier alpha value is -1.86. The Bertz CT molecular complexity index is 631. The molecule has 0 heterocycles. The first-order chi connectivity index (χ1) is 11.8. The van der Waals surface area contributed by atoms with Crippen molar-refractivity contribution in [2.75, 3.05) is 7.11 Å². The molecule has 0 aliphatic heterocycles. The Morgan fingerprint density at radius 3 is 2.04 bits per heavy atom. The van der Waals surface area contributed by atoms with E-state index in [0.717, 1.165) is 11.8 Å². The van der Waals surface area contributed by atoms with Crippen LogP contribution in [0.2, 0.25) is 0 Å². The molecule has 2 aromatic carbocycles. The summed E-state index contributed by atoms with van der Waals surface area (Å²) in [6.45, 7) is 4.55. The van der Waals surface area contributed by atoms with Gasteiger partial charge in [-0.3, -0.25) is 0 Å². The summed E-state index contributed by atoms with van der Waals surface area (Å²) in [4.78, 5) is 0. The van der Waals surface area contributed by atoms with E-state index in [1.54, 1.807) is 7.11 Å². The van der Waals surface area contributed by atoms with E-state index >= 15 is 0 Å². The monoisotopic (exact) mass is 320 g/mol. The van der Waals surface area contributed by atoms with Gasteiger partial charge >= 0.3 is 0 Å². The van der Waals surface area contributed by atoms with Crippen LogP contribution in [0.25, 0.3) is 11.1 Å². The molecule has 1 fully saturated rings. The van der Waals surface area contributed by atoms with Crippen LogP contribution in [0.5, 0.6) is 0 Å². The molecular formula is C23H28O. The van der Waals surface area contributed by atoms with Crippen LogP contribution in [0.1, 0.15) is 49.1 Å². The van der Waals surface area contributed by atoms with Crippen molar-refractivity contribution < 1.29 is 4.74 Å². The van der Waals surface area contributed by atoms with Gasteiger partial charge in [-0.2, -0.15) is 0 Å². The second-order valence-electron chi connectivity index (χ2n) is 6.99. The zero-order valence-corrected chi connectivity index (χ0v) is 14.7. The van der Waals surface area contributed by atoms with E-state index in [2.05, 4.69) is 61.2 Å². The van der Waals surface area contributed by atoms with E-state index in [1.165, 1.54) is 54.4 Å². The smallest absolute Gasteiger partial charge is 0.0713 e. The first-order valence-corrected chi connectivity index (χ1v) is 9.09. The summed E-state index contributed by atoms with van der Waals surface area (Å²) in [5.74, 6) is 1.60. The molecule has 1 nitrogen and oxygen atoms in total. The van der Waals surface area contributed by atoms with Crippen molar-refractivity contribution in [3.05, 3.63) is 72.3 Å². The van der Waals surface area contributed by atoms with Gasteiger partial charge in [0.2, 0.25) is 0 Å². The maximum atomic E-state index is 5.17. The third kappa shape index (κ3) is 4.15. The van der Waals surface area contributed by atoms with Gasteiger partial charge in [-0.25, -0.2) is 0 Å². The summed E-state index contributed by atoms with van der Waals surface area (Å²) < 4.78 is 5.17. The SMILES string of the molecule is C=CCC1CCC(c2ccc(-c3ccc(COC)cc3)cc2)CC1. The number of ether oxygens (including phenoxy) is 1. The summed E-state index contributed by atoms with van der Waals surface area (Å²) >= 11 is 0. The first kappa shape index (κ1) is 17.0. The molecular weight excluding hydrogens is 292 g/mol. The lowest BCUT2D eigenvalue weighted by Gasteiger charge is -2.28. The largest absolute Gasteiger partial charge is 0.380 e. The number of allylic oxidation sites excluding steroid dienone is 1. The number of rotatable bonds is 6. The third-order valence-corrected chi connectivity index (χ3v) is 5.33. The molecule has 1 heteroatoms. The molecule has 0 aromatic heterocycles. The predicted molar refractivity (Wildman–Crippen MR) is 102 cm³/mol. The highest BCUT2D eigenvalue weighted by Gasteiger charge is 2.21. The minimum atomic E-state index is 0.674. The average molecular weight is 320 g/mol. The fourth-order valence-electron chi connectivity index (χ4n) is 3.88. The second-order valence-corrected chi connectivity index (χ2v) is 6.99. The summed E-state index contributed by atoms with van der Waals surface area (Å²) in [7, 11) is 1.73. The van der Waals surface area contributed by atoms with Gasteiger partial charge in [-0.15, -0.1) is 6.58 Å². The van der Waals surface area contributed by atoms with Crippen molar-refractivity contribution in [2.24, 2.45) is 5.92 Å². The Balaban J connectivity index is 1.64. The molecule has 126 valence electrons. The highest BCUT2D eigenvalue weighted by atomic mass is 16.5. The summed E-state index contributed by atoms with van der Waals surface area (Å²) in [6.07, 6.45) is 8.61. The van der Waals surface area contributed by atoms with Crippen molar-refractivity contribution in [3.8, 4) is 11.1 Å². The van der Waals surface area contributed by atoms with Gasteiger partial charge in [-0.05, 0) is 66.2 Å². The van der Waals surface area contributed by atoms with Gasteiger partial charge in [0.15, 0.2) is 0 Å². The predicted octanol–water partition coefficient (Wildman–Crippen LogP) is 6.35. The molecule has 0 saturated heterocycles. The van der Waals surface area contributed by atoms with E-state index in [-0.39, 0.29) is 0 Å². The third-order valence-electron chi connectivity index (χ3n) is 5.33. The summed E-state index contributed by atoms with van der Waals surface area (Å²) in [6, 6.07) is 17.9. The first-order valence-electron chi connectivity index (χ1n) is 9.09. The Morgan fingerprint density at radius 2 is 1.50 bits per heavy atom. The topological polar surface area (TPSA) is 9.23 Å². The minimum Gasteiger partial charge on any atom is -0.380 e. The quantitative estimate of drug-likeness (QED) is 0.563. The zero-order chi connectivity index (χ0) is 16.8. The van der Waals surface area contributed by atoms with Crippen LogP contribution in [-0.4, -0.2) is 7.11 Å². The summed E-state index contributed by atoms with van der Waals surface area (Å²) in [5.41, 5.74) is 5.29. The van der Waals surface area contributed by atoms with Gasteiger partial charge in [0, 0.05) is 7.11 Å². The van der Waals surface area contributed by atoms with Crippen LogP contribution in [0, 0.1) is 5.92 Å². The van der Waals surface area contributed by atoms with E-state index in [4.69, 9.17) is 4.74 Å². The number of benzene rings is 2. The van der Waals surface area contributed by atoms with Crippen molar-refractivity contribution in [2.45, 2.75) is 44.6 Å². The molecule has 2 aromatic rings. The Labute approximate surface area is 146 Å². The fraction of sp³-hybridized carbons (Fsp3) is 0.391. The maximum Gasteiger partial charge on any atom is 0.0713 e. The average Bonchev–Trinajstić information content (AvgIpc) is 2.64. The van der Waals surface area contributed by atoms with Gasteiger partial charge < -0.3 is 4.74 Å². The lowest BCUT2D eigenvalue weighted by atomic mass is 9.77. The van der Waals surface area contributed by atoms with Gasteiger partial charge in [0.25, 0.3) is 0 Å². The van der Waals surface area contributed by atoms with Crippen LogP contribution < -0.4 is 0 Å². The van der Waals surface area contributed by atoms with Gasteiger partial charge in [0.1, 0.15) is 0 Å². The summed E-state index contributed by atoms with van der Waals surface area (Å²) in [5, 5.41) is 0. The molecule has 0 spiro atoms. The molecule has 1 aliphatic carbocycles. The molecule has 0 amide bonds. The Morgan fingerprint density at radius 1 is 0.917 bits per heavy atom. The lowest BCUT2D eigenvalue weighted by molar-refractivity contribution is 0.185. The number of hydrogen-bond donors (Lipinski definition) is 0. The van der Waals surface area contributed by atoms with Crippen LogP contribution in [0.4, 0.5) is 0 Å². The standard InChI is InChI=1S/C23H28O/c1-3-4-18-5-9-20(10-6-18)22-13-15-23(16-14-22)21-11-7-19(8-12-21)17-24-2/h3,7-8,11-16,18,20H,1,4-6,9-10,17H2,2H3. The minimum absolute atomic E-state index is 0.674. The highest BCUT2D eigenvalue weighted by molar-refractivity contribution is 5.64. The number of methoxy groups -OCH3 is 1. The molecule has 24 heavy (non-hydrogen) atoms. The van der Waals surface area contributed by atoms with Crippen molar-refractivity contribution >= 4 is 0 Å². The zero-order valence-electron chi connectivity index (χ0n) is 14.7. The second kappa shape index (κ2) is 8.30. The normalized spacial score (nSPS) is 20.7. The molecule has 0 N–H and O–H groups in total. The van der Waals surface area contributed by atoms with Crippen molar-refractivity contribution in [1.82, 2.24) is 0 Å². The molecule has 0 bridgehead atoms. The maximum absolute atomic E-state index is 5.17. The number of hydrogen-bond acceptors (Lipinski definition) is 1. The van der Waals surface area contributed by atoms with Crippen LogP contribution in [0.3, 0.4) is 0 Å². The van der Waals surface area contributed by atoms with Gasteiger partial charge in [0.05, 0.1) is 6.61 Å². The molecule has 3 rings (SSSR count). The molecule has 1 aliphatic rings. The molecule has 1 saturated carbocycles. The lowest BCUT2D eigenvalue weighted by Crippen LogP contribution is -2.12. The molecule has 0 atom stereocenters. The Kier molecular flexibility index (Phi) is 5.87. The van der Waals surface area contributed by atoms with Crippen LogP contribution >= 0.6 is 0 Å². The molecule has 0 unspecified atom stereocenters. The van der Waals surface area contributed by atoms with E-state index in [0.29, 0.717) is 6.61 Å². The van der Waals surface area contributed by atoms with Crippen LogP contribution in [0.15, 0.2) is 61.2 Å².